The van der Waals surface area contributed by atoms with E-state index in [0.717, 1.165) is 12.1 Å². The first-order valence-corrected chi connectivity index (χ1v) is 12.3. The Morgan fingerprint density at radius 1 is 1.03 bits per heavy atom. The van der Waals surface area contributed by atoms with Crippen LogP contribution in [0, 0.1) is 0 Å². The molecule has 0 aliphatic rings. The van der Waals surface area contributed by atoms with Crippen LogP contribution in [0.1, 0.15) is 18.1 Å². The number of nitrogens with one attached hydrogen (secondary N) is 1. The van der Waals surface area contributed by atoms with Crippen molar-refractivity contribution in [2.45, 2.75) is 24.5 Å². The van der Waals surface area contributed by atoms with Crippen molar-refractivity contribution in [1.82, 2.24) is 5.32 Å². The summed E-state index contributed by atoms with van der Waals surface area (Å²) in [6, 6.07) is 16.3. The molecule has 11 heteroatoms. The Bertz CT molecular complexity index is 1290. The van der Waals surface area contributed by atoms with Gasteiger partial charge >= 0.3 is 6.18 Å². The highest BCUT2D eigenvalue weighted by atomic mass is 35.5. The highest BCUT2D eigenvalue weighted by molar-refractivity contribution is 7.92. The topological polar surface area (TPSA) is 75.7 Å². The van der Waals surface area contributed by atoms with Gasteiger partial charge in [0, 0.05) is 12.1 Å². The van der Waals surface area contributed by atoms with Gasteiger partial charge in [0.1, 0.15) is 12.3 Å². The Balaban J connectivity index is 1.95. The maximum atomic E-state index is 13.4. The summed E-state index contributed by atoms with van der Waals surface area (Å²) in [7, 11) is -4.44. The monoisotopic (exact) mass is 526 g/mol. The Kier molecular flexibility index (Phi) is 8.29. The number of anilines is 1. The first-order valence-electron chi connectivity index (χ1n) is 10.5. The maximum Gasteiger partial charge on any atom is 0.416 e. The zero-order valence-corrected chi connectivity index (χ0v) is 20.1. The molecule has 0 atom stereocenters. The maximum absolute atomic E-state index is 13.4. The van der Waals surface area contributed by atoms with Gasteiger partial charge in [0.2, 0.25) is 5.91 Å². The van der Waals surface area contributed by atoms with Gasteiger partial charge in [-0.1, -0.05) is 48.0 Å². The second-order valence-electron chi connectivity index (χ2n) is 7.31. The largest absolute Gasteiger partial charge is 0.494 e. The Labute approximate surface area is 206 Å². The summed E-state index contributed by atoms with van der Waals surface area (Å²) in [5.74, 6) is -0.200. The molecule has 0 saturated carbocycles. The van der Waals surface area contributed by atoms with E-state index in [1.54, 1.807) is 37.3 Å². The molecule has 0 aromatic heterocycles. The van der Waals surface area contributed by atoms with Gasteiger partial charge in [-0.15, -0.1) is 0 Å². The summed E-state index contributed by atoms with van der Waals surface area (Å²) < 4.78 is 72.9. The highest BCUT2D eigenvalue weighted by Gasteiger charge is 2.34. The molecule has 0 radical (unpaired) electrons. The fourth-order valence-electron chi connectivity index (χ4n) is 3.23. The summed E-state index contributed by atoms with van der Waals surface area (Å²) in [4.78, 5) is 12.6. The molecule has 0 aliphatic carbocycles. The molecule has 0 heterocycles. The number of hydrogen-bond donors (Lipinski definition) is 1. The van der Waals surface area contributed by atoms with Crippen LogP contribution in [-0.2, 0) is 27.5 Å². The van der Waals surface area contributed by atoms with Gasteiger partial charge in [0.05, 0.1) is 27.8 Å². The molecule has 3 rings (SSSR count). The number of ether oxygens (including phenoxy) is 1. The van der Waals surface area contributed by atoms with Crippen molar-refractivity contribution < 1.29 is 31.1 Å². The number of rotatable bonds is 9. The molecule has 1 N–H and O–H groups in total. The average molecular weight is 527 g/mol. The van der Waals surface area contributed by atoms with Crippen LogP contribution in [0.3, 0.4) is 0 Å². The number of amides is 1. The lowest BCUT2D eigenvalue weighted by atomic mass is 10.2. The van der Waals surface area contributed by atoms with Crippen LogP contribution in [0.2, 0.25) is 5.02 Å². The number of para-hydroxylation sites is 1. The van der Waals surface area contributed by atoms with Crippen LogP contribution in [-0.4, -0.2) is 27.5 Å². The van der Waals surface area contributed by atoms with Crippen LogP contribution >= 0.6 is 11.6 Å². The van der Waals surface area contributed by atoms with E-state index in [9.17, 15) is 26.4 Å². The Hall–Kier alpha value is -3.24. The van der Waals surface area contributed by atoms with Gasteiger partial charge < -0.3 is 10.1 Å². The van der Waals surface area contributed by atoms with Crippen LogP contribution in [0.15, 0.2) is 77.7 Å². The summed E-state index contributed by atoms with van der Waals surface area (Å²) in [6.45, 7) is 1.43. The standard InChI is InChI=1S/C24H22ClF3N2O4S/c1-2-34-22-11-7-6-8-17(22)15-29-23(31)16-30(35(32,33)19-9-4-3-5-10-19)21-14-18(24(26,27)28)12-13-20(21)25/h3-14H,2,15-16H2,1H3,(H,29,31). The van der Waals surface area contributed by atoms with Crippen LogP contribution in [0.25, 0.3) is 0 Å². The van der Waals surface area contributed by atoms with E-state index < -0.39 is 39.9 Å². The lowest BCUT2D eigenvalue weighted by molar-refractivity contribution is -0.137. The fourth-order valence-corrected chi connectivity index (χ4v) is 4.95. The summed E-state index contributed by atoms with van der Waals surface area (Å²) in [6.07, 6.45) is -4.74. The number of carbonyl (C=O) groups excluding carboxylic acids is 1. The Morgan fingerprint density at radius 3 is 2.34 bits per heavy atom. The minimum Gasteiger partial charge on any atom is -0.494 e. The number of alkyl halides is 3. The molecule has 0 aliphatic heterocycles. The molecule has 3 aromatic rings. The molecular formula is C24H22ClF3N2O4S. The number of sulfonamides is 1. The van der Waals surface area contributed by atoms with Gasteiger partial charge in [-0.2, -0.15) is 13.2 Å². The average Bonchev–Trinajstić information content (AvgIpc) is 2.82. The van der Waals surface area contributed by atoms with Gasteiger partial charge in [-0.3, -0.25) is 9.10 Å². The smallest absolute Gasteiger partial charge is 0.416 e. The number of carbonyl (C=O) groups is 1. The summed E-state index contributed by atoms with van der Waals surface area (Å²) in [5.41, 5.74) is -0.913. The first kappa shape index (κ1) is 26.4. The second-order valence-corrected chi connectivity index (χ2v) is 9.58. The van der Waals surface area contributed by atoms with Gasteiger partial charge in [-0.25, -0.2) is 8.42 Å². The zero-order valence-electron chi connectivity index (χ0n) is 18.5. The van der Waals surface area contributed by atoms with Crippen molar-refractivity contribution in [3.8, 4) is 5.75 Å². The minimum absolute atomic E-state index is 0.0184. The van der Waals surface area contributed by atoms with Crippen LogP contribution in [0.5, 0.6) is 5.75 Å². The lowest BCUT2D eigenvalue weighted by Crippen LogP contribution is -2.41. The van der Waals surface area contributed by atoms with E-state index >= 15 is 0 Å². The predicted octanol–water partition coefficient (Wildman–Crippen LogP) is 5.27. The first-order chi connectivity index (χ1) is 16.5. The van der Waals surface area contributed by atoms with Gasteiger partial charge in [0.25, 0.3) is 10.0 Å². The van der Waals surface area contributed by atoms with E-state index in [1.807, 2.05) is 0 Å². The molecule has 0 unspecified atom stereocenters. The van der Waals surface area contributed by atoms with E-state index in [-0.39, 0.29) is 16.5 Å². The van der Waals surface area contributed by atoms with Crippen molar-refractivity contribution in [1.29, 1.82) is 0 Å². The molecule has 3 aromatic carbocycles. The quantitative estimate of drug-likeness (QED) is 0.412. The molecule has 0 spiro atoms. The predicted molar refractivity (Wildman–Crippen MR) is 127 cm³/mol. The highest BCUT2D eigenvalue weighted by Crippen LogP contribution is 2.37. The molecule has 35 heavy (non-hydrogen) atoms. The molecule has 6 nitrogen and oxygen atoms in total. The molecule has 0 saturated heterocycles. The van der Waals surface area contributed by atoms with E-state index in [0.29, 0.717) is 28.3 Å². The SMILES string of the molecule is CCOc1ccccc1CNC(=O)CN(c1cc(C(F)(F)F)ccc1Cl)S(=O)(=O)c1ccccc1. The third-order valence-corrected chi connectivity index (χ3v) is 7.00. The molecule has 0 fully saturated rings. The zero-order chi connectivity index (χ0) is 25.6. The summed E-state index contributed by atoms with van der Waals surface area (Å²) >= 11 is 6.12. The van der Waals surface area contributed by atoms with Gasteiger partial charge in [0.15, 0.2) is 0 Å². The molecule has 0 bridgehead atoms. The molecule has 186 valence electrons. The number of benzene rings is 3. The lowest BCUT2D eigenvalue weighted by Gasteiger charge is -2.26. The number of halogens is 4. The van der Waals surface area contributed by atoms with E-state index in [4.69, 9.17) is 16.3 Å². The second kappa shape index (κ2) is 11.0. The Morgan fingerprint density at radius 2 is 1.69 bits per heavy atom. The number of hydrogen-bond acceptors (Lipinski definition) is 4. The third-order valence-electron chi connectivity index (χ3n) is 4.91. The van der Waals surface area contributed by atoms with Crippen LogP contribution in [0.4, 0.5) is 18.9 Å². The number of nitrogens with zero attached hydrogens (tertiary/aromatic N) is 1. The summed E-state index contributed by atoms with van der Waals surface area (Å²) in [5, 5.41) is 2.34. The fraction of sp³-hybridized carbons (Fsp3) is 0.208. The normalized spacial score (nSPS) is 11.7. The van der Waals surface area contributed by atoms with Crippen LogP contribution < -0.4 is 14.4 Å². The third kappa shape index (κ3) is 6.46. The minimum atomic E-state index is -4.74. The van der Waals surface area contributed by atoms with Crippen molar-refractivity contribution >= 4 is 33.2 Å². The van der Waals surface area contributed by atoms with Crippen molar-refractivity contribution in [3.63, 3.8) is 0 Å². The van der Waals surface area contributed by atoms with E-state index in [1.165, 1.54) is 24.3 Å². The molecular weight excluding hydrogens is 505 g/mol. The van der Waals surface area contributed by atoms with Crippen molar-refractivity contribution in [3.05, 3.63) is 88.9 Å². The molecule has 1 amide bonds. The van der Waals surface area contributed by atoms with Crippen molar-refractivity contribution in [2.24, 2.45) is 0 Å². The van der Waals surface area contributed by atoms with Gasteiger partial charge in [-0.05, 0) is 43.3 Å². The van der Waals surface area contributed by atoms with Crippen molar-refractivity contribution in [2.75, 3.05) is 17.5 Å². The van der Waals surface area contributed by atoms with E-state index in [2.05, 4.69) is 5.32 Å².